The summed E-state index contributed by atoms with van der Waals surface area (Å²) in [5.41, 5.74) is 0. The van der Waals surface area contributed by atoms with Gasteiger partial charge in [-0.15, -0.1) is 0 Å². The predicted octanol–water partition coefficient (Wildman–Crippen LogP) is 11.6. The van der Waals surface area contributed by atoms with Crippen molar-refractivity contribution in [1.29, 1.82) is 0 Å². The summed E-state index contributed by atoms with van der Waals surface area (Å²) in [6.07, 6.45) is 13.5. The van der Waals surface area contributed by atoms with Crippen molar-refractivity contribution in [3.05, 3.63) is 0 Å². The monoisotopic (exact) mass is 1700 g/mol. The molecule has 0 bridgehead atoms. The van der Waals surface area contributed by atoms with Crippen molar-refractivity contribution >= 4 is 175 Å². The van der Waals surface area contributed by atoms with E-state index < -0.39 is 0 Å². The van der Waals surface area contributed by atoms with Crippen molar-refractivity contribution in [1.82, 2.24) is 29.4 Å². The molecule has 0 rings (SSSR count). The number of hydrogen-bond acceptors (Lipinski definition) is 12. The second-order valence-electron chi connectivity index (χ2n) is 13.5. The van der Waals surface area contributed by atoms with Gasteiger partial charge in [0.25, 0.3) is 0 Å². The van der Waals surface area contributed by atoms with Crippen LogP contribution in [0, 0.1) is 0 Å². The van der Waals surface area contributed by atoms with Gasteiger partial charge in [-0.2, -0.15) is 0 Å². The molecule has 0 amide bonds. The van der Waals surface area contributed by atoms with Gasteiger partial charge in [-0.1, -0.05) is 109 Å². The van der Waals surface area contributed by atoms with E-state index in [4.69, 9.17) is 149 Å². The maximum atomic E-state index is 4.89. The topological polar surface area (TPSA) is 19.4 Å². The maximum Gasteiger partial charge on any atom is 1.00 e. The zero-order valence-corrected chi connectivity index (χ0v) is 60.1. The van der Waals surface area contributed by atoms with E-state index in [1.807, 2.05) is 0 Å². The Hall–Kier alpha value is 5.10. The van der Waals surface area contributed by atoms with Gasteiger partial charge in [0.1, 0.15) is 0 Å². The number of rotatable bonds is 24. The first-order valence-electron chi connectivity index (χ1n) is 22.1. The van der Waals surface area contributed by atoms with Crippen LogP contribution in [0.3, 0.4) is 0 Å². The largest absolute Gasteiger partial charge is 1.00 e. The van der Waals surface area contributed by atoms with Crippen molar-refractivity contribution in [2.75, 3.05) is 78.5 Å². The Labute approximate surface area is 568 Å². The summed E-state index contributed by atoms with van der Waals surface area (Å²) in [7, 11) is 0. The fourth-order valence-electron chi connectivity index (χ4n) is 5.01. The van der Waals surface area contributed by atoms with Gasteiger partial charge >= 0.3 is 134 Å². The summed E-state index contributed by atoms with van der Waals surface area (Å²) < 4.78 is 3.69. The summed E-state index contributed by atoms with van der Waals surface area (Å²) in [6.45, 7) is 37.7. The second-order valence-corrected chi connectivity index (χ2v) is 19.7. The minimum absolute atomic E-state index is 0. The van der Waals surface area contributed by atoms with Crippen LogP contribution in [0.25, 0.3) is 0 Å². The van der Waals surface area contributed by atoms with E-state index >= 15 is 0 Å². The zero-order valence-electron chi connectivity index (χ0n) is 41.4. The predicted molar refractivity (Wildman–Crippen MR) is 313 cm³/mol. The molecule has 0 aromatic heterocycles. The normalized spacial score (nSPS) is 8.55. The number of thiocarbonyl (C=S) groups is 6. The van der Waals surface area contributed by atoms with E-state index in [0.717, 1.165) is 156 Å². The first kappa shape index (κ1) is 100. The molecule has 0 saturated heterocycles. The summed E-state index contributed by atoms with van der Waals surface area (Å²) in [6, 6.07) is 0. The Bertz CT molecular complexity index is 817. The van der Waals surface area contributed by atoms with E-state index in [1.54, 1.807) is 0 Å². The number of nitrogens with zero attached hydrogens (tertiary/aromatic N) is 6. The molecule has 24 heteroatoms. The van der Waals surface area contributed by atoms with Crippen LogP contribution in [0.5, 0.6) is 0 Å². The van der Waals surface area contributed by atoms with Crippen LogP contribution in [0.15, 0.2) is 0 Å². The SMILES string of the molecule is CCCN(CCC)C(=S)[S-].CCCN(CCC)C(=S)[S-].CCCN(CCC)C(=S)[S-].CCCN(CCC)C(=S)[S-].CCCN(CCC)C(=S)[S-].CCCN(CCC)C(=S)[S-].[Ag+].[Ag+].[Ag+].[Ag+].[Ag+].[Ag+]. The molecule has 0 fully saturated rings. The van der Waals surface area contributed by atoms with Crippen LogP contribution < -0.4 is 0 Å². The molecule has 0 spiro atoms. The van der Waals surface area contributed by atoms with Crippen LogP contribution in [-0.2, 0) is 210 Å². The molecule has 66 heavy (non-hydrogen) atoms. The third-order valence-electron chi connectivity index (χ3n) is 7.47. The molecule has 0 aliphatic heterocycles. The smallest absolute Gasteiger partial charge is 0.411 e. The molecule has 0 aliphatic carbocycles. The Morgan fingerprint density at radius 2 is 0.273 bits per heavy atom. The van der Waals surface area contributed by atoms with E-state index in [1.165, 1.54) is 0 Å². The minimum Gasteiger partial charge on any atom is -0.411 e. The maximum absolute atomic E-state index is 4.89. The Kier molecular flexibility index (Phi) is 120. The standard InChI is InChI=1S/6C7H15NS2.6Ag/c6*1-3-5-8(6-4-2)7(9)10;;;;;;/h6*3-6H2,1-2H3,(H,9,10);;;;;;/q;;;;;;6*+1/p-6. The van der Waals surface area contributed by atoms with Gasteiger partial charge < -0.3 is 178 Å². The number of hydrogen-bond donors (Lipinski definition) is 0. The van der Waals surface area contributed by atoms with Crippen molar-refractivity contribution < 1.29 is 134 Å². The first-order valence-corrected chi connectivity index (χ1v) is 27.0. The Morgan fingerprint density at radius 1 is 0.212 bits per heavy atom. The van der Waals surface area contributed by atoms with Crippen LogP contribution in [0.4, 0.5) is 0 Å². The van der Waals surface area contributed by atoms with Crippen LogP contribution in [0.1, 0.15) is 160 Å². The van der Waals surface area contributed by atoms with Gasteiger partial charge in [0.2, 0.25) is 0 Å². The minimum atomic E-state index is 0. The molecule has 0 unspecified atom stereocenters. The first-order chi connectivity index (χ1) is 28.3. The Morgan fingerprint density at radius 3 is 0.303 bits per heavy atom. The summed E-state index contributed by atoms with van der Waals surface area (Å²) >= 11 is 58.7. The fraction of sp³-hybridized carbons (Fsp3) is 0.857. The molecule has 0 atom stereocenters. The Balaban J connectivity index is -0.0000000521. The molecular weight excluding hydrogens is 1620 g/mol. The third-order valence-corrected chi connectivity index (χ3v) is 10.6. The summed E-state index contributed by atoms with van der Waals surface area (Å²) in [5, 5.41) is 0. The molecule has 0 aliphatic rings. The van der Waals surface area contributed by atoms with Crippen molar-refractivity contribution in [2.24, 2.45) is 0 Å². The van der Waals surface area contributed by atoms with E-state index in [-0.39, 0.29) is 134 Å². The van der Waals surface area contributed by atoms with Crippen LogP contribution in [0.2, 0.25) is 0 Å². The molecule has 0 saturated carbocycles. The summed E-state index contributed by atoms with van der Waals surface area (Å²) in [5.74, 6) is 0. The van der Waals surface area contributed by atoms with Gasteiger partial charge in [0.15, 0.2) is 0 Å². The van der Waals surface area contributed by atoms with Gasteiger partial charge in [-0.3, -0.25) is 0 Å². The molecule has 0 aromatic rings. The van der Waals surface area contributed by atoms with Crippen molar-refractivity contribution in [2.45, 2.75) is 160 Å². The second kappa shape index (κ2) is 79.0. The fourth-order valence-corrected chi connectivity index (χ4v) is 7.20. The van der Waals surface area contributed by atoms with Gasteiger partial charge in [0, 0.05) is 78.5 Å². The average molecular weight is 1710 g/mol. The summed E-state index contributed by atoms with van der Waals surface area (Å²) in [4.78, 5) is 12.4. The molecule has 6 nitrogen and oxygen atoms in total. The average Bonchev–Trinajstić information content (AvgIpc) is 3.18. The molecule has 0 radical (unpaired) electrons. The van der Waals surface area contributed by atoms with Crippen LogP contribution in [-0.4, -0.2) is 134 Å². The van der Waals surface area contributed by atoms with E-state index in [9.17, 15) is 0 Å². The molecule has 0 aromatic carbocycles. The van der Waals surface area contributed by atoms with E-state index in [2.05, 4.69) is 112 Å². The quantitative estimate of drug-likeness (QED) is 0.0519. The van der Waals surface area contributed by atoms with Gasteiger partial charge in [-0.25, -0.2) is 0 Å². The molecular formula is C42H84Ag6N6S12. The molecule has 0 N–H and O–H groups in total. The van der Waals surface area contributed by atoms with Crippen molar-refractivity contribution in [3.8, 4) is 0 Å². The van der Waals surface area contributed by atoms with Gasteiger partial charge in [-0.05, 0) is 77.0 Å². The van der Waals surface area contributed by atoms with Crippen LogP contribution >= 0.6 is 73.3 Å². The third kappa shape index (κ3) is 75.6. The molecule has 420 valence electrons. The zero-order chi connectivity index (χ0) is 47.9. The van der Waals surface area contributed by atoms with E-state index in [0.29, 0.717) is 25.9 Å². The van der Waals surface area contributed by atoms with Gasteiger partial charge in [0.05, 0.1) is 0 Å². The van der Waals surface area contributed by atoms with Crippen molar-refractivity contribution in [3.63, 3.8) is 0 Å². The molecule has 0 heterocycles.